The van der Waals surface area contributed by atoms with Crippen LogP contribution >= 0.6 is 0 Å². The molecule has 0 aromatic heterocycles. The van der Waals surface area contributed by atoms with Crippen LogP contribution in [0, 0.1) is 19.9 Å². The summed E-state index contributed by atoms with van der Waals surface area (Å²) in [5.74, 6) is 1.87. The van der Waals surface area contributed by atoms with E-state index in [1.165, 1.54) is 71.9 Å². The molecule has 0 radical (unpaired) electrons. The fourth-order valence-corrected chi connectivity index (χ4v) is 6.35. The summed E-state index contributed by atoms with van der Waals surface area (Å²) in [6.07, 6.45) is 1.03. The smallest absolute Gasteiger partial charge is 0.172 e. The molecule has 0 saturated carbocycles. The van der Waals surface area contributed by atoms with Crippen molar-refractivity contribution in [2.24, 2.45) is 0 Å². The van der Waals surface area contributed by atoms with E-state index in [9.17, 15) is 0 Å². The molecule has 0 N–H and O–H groups in total. The summed E-state index contributed by atoms with van der Waals surface area (Å²) in [6.45, 7) is 17.7. The van der Waals surface area contributed by atoms with E-state index in [-0.39, 0.29) is 35.6 Å². The maximum atomic E-state index is 5.32. The van der Waals surface area contributed by atoms with Crippen molar-refractivity contribution in [1.82, 2.24) is 0 Å². The second-order valence-corrected chi connectivity index (χ2v) is 15.2. The molecule has 6 rings (SSSR count). The number of hydrogen-bond donors (Lipinski definition) is 0. The van der Waals surface area contributed by atoms with E-state index in [4.69, 9.17) is 9.47 Å². The van der Waals surface area contributed by atoms with Crippen molar-refractivity contribution in [3.8, 4) is 22.6 Å². The fourth-order valence-electron chi connectivity index (χ4n) is 5.58. The van der Waals surface area contributed by atoms with E-state index in [1.807, 2.05) is 42.5 Å². The van der Waals surface area contributed by atoms with Crippen LogP contribution in [-0.2, 0) is 41.5 Å². The molecule has 5 heteroatoms. The predicted molar refractivity (Wildman–Crippen MR) is 192 cm³/mol. The summed E-state index contributed by atoms with van der Waals surface area (Å²) in [6, 6.07) is 37.8. The van der Waals surface area contributed by atoms with Crippen molar-refractivity contribution in [1.29, 1.82) is 0 Å². The standard InChI is InChI=1S/C21H25.C17H18O2.C5H5.2ClH.Zr/c1-20(2,3)16-7-9-18-14(12-16)11-15-13-17(21(4,5)6)8-10-19(15)18;1-12-9-14(5-7-16(12)18-3)11-15-6-8-17(19-4)13(2)10-15;1-2-4-5-3-1;;;/h7-10,12H,11H2,1-6H3;5-10H,1-4H3;1-5H;2*1H;/q-1;;-1;;;+2/p-2. The van der Waals surface area contributed by atoms with Crippen LogP contribution in [0.15, 0.2) is 97.1 Å². The van der Waals surface area contributed by atoms with Gasteiger partial charge in [0.2, 0.25) is 0 Å². The molecule has 5 aromatic rings. The van der Waals surface area contributed by atoms with Crippen molar-refractivity contribution >= 4 is 3.21 Å². The minimum absolute atomic E-state index is 0. The van der Waals surface area contributed by atoms with Crippen LogP contribution in [-0.4, -0.2) is 17.4 Å². The number of fused-ring (bicyclic) bond motifs is 3. The van der Waals surface area contributed by atoms with Gasteiger partial charge in [-0.05, 0) is 28.4 Å². The third-order valence-electron chi connectivity index (χ3n) is 8.39. The van der Waals surface area contributed by atoms with Crippen molar-refractivity contribution in [3.05, 3.63) is 148 Å². The molecule has 0 amide bonds. The number of rotatable bonds is 4. The first-order chi connectivity index (χ1) is 21.7. The molecule has 5 aromatic carbocycles. The Bertz CT molecular complexity index is 1660. The minimum atomic E-state index is 0. The average Bonchev–Trinajstić information content (AvgIpc) is 3.71. The van der Waals surface area contributed by atoms with E-state index in [0.29, 0.717) is 0 Å². The van der Waals surface area contributed by atoms with Crippen molar-refractivity contribution in [3.63, 3.8) is 0 Å². The van der Waals surface area contributed by atoms with Gasteiger partial charge in [0.15, 0.2) is 0 Å². The van der Waals surface area contributed by atoms with Gasteiger partial charge in [-0.15, -0.1) is 11.1 Å². The quantitative estimate of drug-likeness (QED) is 0.247. The third-order valence-corrected chi connectivity index (χ3v) is 9.81. The summed E-state index contributed by atoms with van der Waals surface area (Å²) in [5.41, 5.74) is 13.5. The van der Waals surface area contributed by atoms with Crippen LogP contribution < -0.4 is 34.3 Å². The Morgan fingerprint density at radius 2 is 1.21 bits per heavy atom. The van der Waals surface area contributed by atoms with Gasteiger partial charge in [-0.2, -0.15) is 42.0 Å². The molecule has 0 fully saturated rings. The first-order valence-corrected chi connectivity index (χ1v) is 17.2. The molecule has 0 heterocycles. The molecule has 252 valence electrons. The third kappa shape index (κ3) is 10.3. The molecule has 1 aliphatic rings. The zero-order valence-corrected chi connectivity index (χ0v) is 34.0. The van der Waals surface area contributed by atoms with Crippen LogP contribution in [0.4, 0.5) is 0 Å². The zero-order chi connectivity index (χ0) is 33.6. The summed E-state index contributed by atoms with van der Waals surface area (Å²) >= 11 is 1.40. The van der Waals surface area contributed by atoms with Gasteiger partial charge in [-0.3, -0.25) is 0 Å². The SMILES string of the molecule is CC(C)(C)c1[c-]c2c(cc1)-c1ccc(C(C)(C)C)cc1C2.COc1ccc([C](=[Zr+2])c2ccc(OC)c(C)c2)cc1C.[Cl-].[Cl-].c1cc[cH-]c1. The molecule has 0 spiro atoms. The fraction of sp³-hybridized carbons (Fsp3) is 0.302. The van der Waals surface area contributed by atoms with E-state index < -0.39 is 0 Å². The Labute approximate surface area is 316 Å². The molecule has 1 aliphatic carbocycles. The van der Waals surface area contributed by atoms with Gasteiger partial charge in [0.25, 0.3) is 0 Å². The zero-order valence-electron chi connectivity index (χ0n) is 30.0. The Morgan fingerprint density at radius 1 is 0.688 bits per heavy atom. The number of methoxy groups -OCH3 is 2. The molecule has 48 heavy (non-hydrogen) atoms. The number of halogens is 2. The normalized spacial score (nSPS) is 11.2. The largest absolute Gasteiger partial charge is 1.00 e. The Morgan fingerprint density at radius 3 is 1.62 bits per heavy atom. The van der Waals surface area contributed by atoms with Crippen LogP contribution in [0.25, 0.3) is 11.1 Å². The van der Waals surface area contributed by atoms with Crippen molar-refractivity contribution in [2.45, 2.75) is 72.6 Å². The van der Waals surface area contributed by atoms with E-state index >= 15 is 0 Å². The summed E-state index contributed by atoms with van der Waals surface area (Å²) in [5, 5.41) is 0. The second-order valence-electron chi connectivity index (χ2n) is 14.0. The number of ether oxygens (including phenoxy) is 2. The van der Waals surface area contributed by atoms with Crippen molar-refractivity contribution in [2.75, 3.05) is 14.2 Å². The molecule has 0 atom stereocenters. The average molecular weight is 759 g/mol. The number of benzene rings is 4. The first-order valence-electron chi connectivity index (χ1n) is 16.0. The van der Waals surface area contributed by atoms with Gasteiger partial charge in [-0.1, -0.05) is 65.3 Å². The number of aryl methyl sites for hydroxylation is 2. The topological polar surface area (TPSA) is 18.5 Å². The van der Waals surface area contributed by atoms with Gasteiger partial charge >= 0.3 is 135 Å². The predicted octanol–water partition coefficient (Wildman–Crippen LogP) is 4.50. The van der Waals surface area contributed by atoms with Crippen LogP contribution in [0.2, 0.25) is 0 Å². The summed E-state index contributed by atoms with van der Waals surface area (Å²) in [4.78, 5) is 0. The molecular weight excluding hydrogens is 711 g/mol. The Kier molecular flexibility index (Phi) is 15.2. The first kappa shape index (κ1) is 41.3. The van der Waals surface area contributed by atoms with Gasteiger partial charge < -0.3 is 24.8 Å². The van der Waals surface area contributed by atoms with Crippen molar-refractivity contribution < 1.29 is 58.5 Å². The van der Waals surface area contributed by atoms with Gasteiger partial charge in [0, 0.05) is 0 Å². The molecular formula is C43H48Cl2O2Zr-2. The molecule has 0 unspecified atom stereocenters. The Balaban J connectivity index is 0.000000281. The van der Waals surface area contributed by atoms with Crippen LogP contribution in [0.5, 0.6) is 11.5 Å². The molecule has 2 nitrogen and oxygen atoms in total. The summed E-state index contributed by atoms with van der Waals surface area (Å²) in [7, 11) is 3.41. The van der Waals surface area contributed by atoms with E-state index in [1.54, 1.807) is 14.2 Å². The monoisotopic (exact) mass is 756 g/mol. The maximum Gasteiger partial charge on any atom is -0.172 e. The van der Waals surface area contributed by atoms with Gasteiger partial charge in [0.05, 0.1) is 0 Å². The van der Waals surface area contributed by atoms with Gasteiger partial charge in [-0.25, -0.2) is 12.1 Å². The number of hydrogen-bond acceptors (Lipinski definition) is 2. The molecule has 0 bridgehead atoms. The van der Waals surface area contributed by atoms with Gasteiger partial charge in [0.1, 0.15) is 0 Å². The Hall–Kier alpha value is -2.84. The maximum absolute atomic E-state index is 5.32. The molecule has 0 aliphatic heterocycles. The van der Waals surface area contributed by atoms with Crippen LogP contribution in [0.3, 0.4) is 0 Å². The van der Waals surface area contributed by atoms with E-state index in [2.05, 4.69) is 116 Å². The molecule has 0 saturated heterocycles. The minimum Gasteiger partial charge on any atom is -1.00 e. The summed E-state index contributed by atoms with van der Waals surface area (Å²) < 4.78 is 12.0. The second kappa shape index (κ2) is 17.7. The van der Waals surface area contributed by atoms with E-state index in [0.717, 1.165) is 29.0 Å². The van der Waals surface area contributed by atoms with Crippen LogP contribution in [0.1, 0.15) is 86.1 Å².